The van der Waals surface area contributed by atoms with Crippen LogP contribution in [0.15, 0.2) is 11.4 Å². The van der Waals surface area contributed by atoms with Crippen LogP contribution >= 0.6 is 11.3 Å². The second-order valence-corrected chi connectivity index (χ2v) is 6.54. The standard InChI is InChI=1S/C14H21N3OS/c15-14(18)10-7-11(19-9-10)8-16-12-4-6-17-5-2-1-3-13(12)17/h7,9,12-13,16H,1-6,8H2,(H2,15,18). The molecular weight excluding hydrogens is 258 g/mol. The van der Waals surface area contributed by atoms with Gasteiger partial charge in [-0.15, -0.1) is 11.3 Å². The van der Waals surface area contributed by atoms with E-state index in [1.54, 1.807) is 11.3 Å². The minimum Gasteiger partial charge on any atom is -0.366 e. The van der Waals surface area contributed by atoms with E-state index in [4.69, 9.17) is 5.73 Å². The minimum absolute atomic E-state index is 0.332. The molecule has 1 amide bonds. The van der Waals surface area contributed by atoms with Crippen LogP contribution in [0.2, 0.25) is 0 Å². The van der Waals surface area contributed by atoms with Gasteiger partial charge in [0.25, 0.3) is 0 Å². The van der Waals surface area contributed by atoms with E-state index in [1.165, 1.54) is 43.6 Å². The fourth-order valence-electron chi connectivity index (χ4n) is 3.32. The number of primary amides is 1. The summed E-state index contributed by atoms with van der Waals surface area (Å²) in [6.45, 7) is 3.36. The van der Waals surface area contributed by atoms with Crippen molar-refractivity contribution < 1.29 is 4.79 Å². The molecule has 4 nitrogen and oxygen atoms in total. The van der Waals surface area contributed by atoms with Crippen molar-refractivity contribution >= 4 is 17.2 Å². The maximum Gasteiger partial charge on any atom is 0.249 e. The highest BCUT2D eigenvalue weighted by Crippen LogP contribution is 2.27. The first-order valence-corrected chi connectivity index (χ1v) is 7.96. The normalized spacial score (nSPS) is 27.4. The van der Waals surface area contributed by atoms with E-state index in [2.05, 4.69) is 10.2 Å². The molecule has 2 aliphatic rings. The van der Waals surface area contributed by atoms with E-state index in [9.17, 15) is 4.79 Å². The number of carbonyl (C=O) groups is 1. The van der Waals surface area contributed by atoms with Crippen molar-refractivity contribution in [3.8, 4) is 0 Å². The van der Waals surface area contributed by atoms with Crippen LogP contribution in [-0.2, 0) is 6.54 Å². The lowest BCUT2D eigenvalue weighted by atomic mass is 9.99. The smallest absolute Gasteiger partial charge is 0.249 e. The maximum absolute atomic E-state index is 11.1. The molecule has 0 bridgehead atoms. The number of nitrogens with one attached hydrogen (secondary N) is 1. The van der Waals surface area contributed by atoms with E-state index in [-0.39, 0.29) is 5.91 Å². The Morgan fingerprint density at radius 1 is 1.42 bits per heavy atom. The zero-order valence-corrected chi connectivity index (χ0v) is 11.9. The molecule has 19 heavy (non-hydrogen) atoms. The average molecular weight is 279 g/mol. The van der Waals surface area contributed by atoms with Gasteiger partial charge in [0.05, 0.1) is 5.56 Å². The van der Waals surface area contributed by atoms with Crippen molar-refractivity contribution in [2.24, 2.45) is 5.73 Å². The van der Waals surface area contributed by atoms with Gasteiger partial charge < -0.3 is 11.1 Å². The maximum atomic E-state index is 11.1. The first-order valence-electron chi connectivity index (χ1n) is 7.08. The van der Waals surface area contributed by atoms with Crippen LogP contribution in [-0.4, -0.2) is 36.0 Å². The van der Waals surface area contributed by atoms with Gasteiger partial charge in [0.15, 0.2) is 0 Å². The Bertz CT molecular complexity index is 459. The quantitative estimate of drug-likeness (QED) is 0.879. The number of hydrogen-bond acceptors (Lipinski definition) is 4. The van der Waals surface area contributed by atoms with Crippen molar-refractivity contribution in [3.63, 3.8) is 0 Å². The molecule has 2 unspecified atom stereocenters. The predicted octanol–water partition coefficient (Wildman–Crippen LogP) is 1.56. The Labute approximate surface area is 118 Å². The number of nitrogens with zero attached hydrogens (tertiary/aromatic N) is 1. The van der Waals surface area contributed by atoms with Crippen molar-refractivity contribution in [2.45, 2.75) is 44.3 Å². The van der Waals surface area contributed by atoms with Crippen molar-refractivity contribution in [1.82, 2.24) is 10.2 Å². The molecule has 2 fully saturated rings. The summed E-state index contributed by atoms with van der Waals surface area (Å²) < 4.78 is 0. The summed E-state index contributed by atoms with van der Waals surface area (Å²) in [6, 6.07) is 3.25. The van der Waals surface area contributed by atoms with Crippen molar-refractivity contribution in [3.05, 3.63) is 21.9 Å². The van der Waals surface area contributed by atoms with Gasteiger partial charge in [-0.1, -0.05) is 6.42 Å². The summed E-state index contributed by atoms with van der Waals surface area (Å²) in [5.74, 6) is -0.332. The van der Waals surface area contributed by atoms with Gasteiger partial charge in [-0.05, 0) is 31.9 Å². The zero-order valence-electron chi connectivity index (χ0n) is 11.1. The molecule has 2 saturated heterocycles. The van der Waals surface area contributed by atoms with Gasteiger partial charge in [-0.3, -0.25) is 9.69 Å². The van der Waals surface area contributed by atoms with Crippen molar-refractivity contribution in [1.29, 1.82) is 0 Å². The number of nitrogens with two attached hydrogens (primary N) is 1. The molecule has 0 aliphatic carbocycles. The monoisotopic (exact) mass is 279 g/mol. The number of fused-ring (bicyclic) bond motifs is 1. The van der Waals surface area contributed by atoms with Crippen LogP contribution in [0.1, 0.15) is 40.9 Å². The third-order valence-corrected chi connectivity index (χ3v) is 5.27. The minimum atomic E-state index is -0.332. The predicted molar refractivity (Wildman–Crippen MR) is 77.3 cm³/mol. The molecule has 3 rings (SSSR count). The third kappa shape index (κ3) is 2.83. The lowest BCUT2D eigenvalue weighted by Gasteiger charge is -2.32. The largest absolute Gasteiger partial charge is 0.366 e. The third-order valence-electron chi connectivity index (χ3n) is 4.33. The van der Waals surface area contributed by atoms with Crippen LogP contribution in [0, 0.1) is 0 Å². The summed E-state index contributed by atoms with van der Waals surface area (Å²) in [5.41, 5.74) is 5.91. The molecular formula is C14H21N3OS. The van der Waals surface area contributed by atoms with Gasteiger partial charge >= 0.3 is 0 Å². The van der Waals surface area contributed by atoms with Crippen LogP contribution in [0.3, 0.4) is 0 Å². The molecule has 3 heterocycles. The highest BCUT2D eigenvalue weighted by Gasteiger charge is 2.34. The Morgan fingerprint density at radius 3 is 3.11 bits per heavy atom. The first-order chi connectivity index (χ1) is 9.24. The first kappa shape index (κ1) is 13.1. The molecule has 2 atom stereocenters. The number of carbonyl (C=O) groups excluding carboxylic acids is 1. The lowest BCUT2D eigenvalue weighted by molar-refractivity contribution is 0.100. The molecule has 0 spiro atoms. The highest BCUT2D eigenvalue weighted by atomic mass is 32.1. The van der Waals surface area contributed by atoms with Gasteiger partial charge in [0.1, 0.15) is 0 Å². The van der Waals surface area contributed by atoms with Gasteiger partial charge in [0, 0.05) is 35.4 Å². The van der Waals surface area contributed by atoms with Crippen molar-refractivity contribution in [2.75, 3.05) is 13.1 Å². The van der Waals surface area contributed by atoms with Crippen LogP contribution in [0.5, 0.6) is 0 Å². The summed E-state index contributed by atoms with van der Waals surface area (Å²) in [5, 5.41) is 5.51. The number of amides is 1. The lowest BCUT2D eigenvalue weighted by Crippen LogP contribution is -2.44. The van der Waals surface area contributed by atoms with E-state index >= 15 is 0 Å². The number of hydrogen-bond donors (Lipinski definition) is 2. The molecule has 0 radical (unpaired) electrons. The fourth-order valence-corrected chi connectivity index (χ4v) is 4.14. The molecule has 0 aromatic carbocycles. The van der Waals surface area contributed by atoms with E-state index in [0.29, 0.717) is 11.6 Å². The second kappa shape index (κ2) is 5.61. The SMILES string of the molecule is NC(=O)c1csc(CNC2CCN3CCCCC23)c1. The van der Waals surface area contributed by atoms with Gasteiger partial charge in [-0.25, -0.2) is 0 Å². The fraction of sp³-hybridized carbons (Fsp3) is 0.643. The Balaban J connectivity index is 1.55. The van der Waals surface area contributed by atoms with Gasteiger partial charge in [-0.2, -0.15) is 0 Å². The molecule has 104 valence electrons. The number of piperidine rings is 1. The highest BCUT2D eigenvalue weighted by molar-refractivity contribution is 7.10. The Morgan fingerprint density at radius 2 is 2.32 bits per heavy atom. The van der Waals surface area contributed by atoms with E-state index in [1.807, 2.05) is 11.4 Å². The summed E-state index contributed by atoms with van der Waals surface area (Å²) in [4.78, 5) is 14.9. The summed E-state index contributed by atoms with van der Waals surface area (Å²) in [6.07, 6.45) is 5.30. The number of thiophene rings is 1. The van der Waals surface area contributed by atoms with Crippen LogP contribution in [0.25, 0.3) is 0 Å². The zero-order chi connectivity index (χ0) is 13.2. The second-order valence-electron chi connectivity index (χ2n) is 5.54. The average Bonchev–Trinajstić information content (AvgIpc) is 3.03. The topological polar surface area (TPSA) is 58.4 Å². The Kier molecular flexibility index (Phi) is 3.86. The number of rotatable bonds is 4. The van der Waals surface area contributed by atoms with E-state index in [0.717, 1.165) is 12.6 Å². The Hall–Kier alpha value is -0.910. The molecule has 1 aromatic heterocycles. The van der Waals surface area contributed by atoms with Crippen LogP contribution in [0.4, 0.5) is 0 Å². The molecule has 0 saturated carbocycles. The molecule has 5 heteroatoms. The van der Waals surface area contributed by atoms with E-state index < -0.39 is 0 Å². The molecule has 3 N–H and O–H groups in total. The van der Waals surface area contributed by atoms with Gasteiger partial charge in [0.2, 0.25) is 5.91 Å². The van der Waals surface area contributed by atoms with Crippen LogP contribution < -0.4 is 11.1 Å². The summed E-state index contributed by atoms with van der Waals surface area (Å²) >= 11 is 1.61. The summed E-state index contributed by atoms with van der Waals surface area (Å²) in [7, 11) is 0. The molecule has 1 aromatic rings. The molecule has 2 aliphatic heterocycles.